The van der Waals surface area contributed by atoms with Gasteiger partial charge in [0.25, 0.3) is 11.8 Å². The number of carbonyl (C=O) groups excluding carboxylic acids is 4. The molecule has 5 N–H and O–H groups in total. The molecule has 6 aromatic rings. The number of nitrogens with two attached hydrogens (primary N) is 1. The van der Waals surface area contributed by atoms with E-state index in [1.54, 1.807) is 38.4 Å². The Morgan fingerprint density at radius 2 is 1.76 bits per heavy atom. The first-order chi connectivity index (χ1) is 39.6. The third-order valence-corrected chi connectivity index (χ3v) is 19.3. The summed E-state index contributed by atoms with van der Waals surface area (Å²) < 4.78 is 44.9. The number of nitrogens with zero attached hydrogens (tertiary/aromatic N) is 6. The number of phenolic OH excluding ortho intramolecular Hbond substituents is 1. The molecule has 3 saturated heterocycles. The van der Waals surface area contributed by atoms with E-state index >= 15 is 0 Å². The lowest BCUT2D eigenvalue weighted by Crippen LogP contribution is -2.62. The van der Waals surface area contributed by atoms with Gasteiger partial charge in [-0.25, -0.2) is 18.8 Å². The molecule has 7 heterocycles. The van der Waals surface area contributed by atoms with Crippen molar-refractivity contribution in [1.82, 2.24) is 40.1 Å². The number of amides is 3. The van der Waals surface area contributed by atoms with Gasteiger partial charge in [-0.15, -0.1) is 11.3 Å². The molecule has 4 aliphatic rings. The molecule has 83 heavy (non-hydrogen) atoms. The van der Waals surface area contributed by atoms with Crippen molar-refractivity contribution in [2.75, 3.05) is 64.2 Å². The number of likely N-dealkylation sites (N-methyl/N-ethyl adjacent to an activating group) is 1. The fourth-order valence-corrected chi connectivity index (χ4v) is 14.4. The van der Waals surface area contributed by atoms with Crippen molar-refractivity contribution in [3.8, 4) is 38.7 Å². The number of benzene rings is 3. The Bertz CT molecular complexity index is 3510. The number of methoxy groups -OCH3 is 1. The summed E-state index contributed by atoms with van der Waals surface area (Å²) in [7, 11) is 0.222. The minimum absolute atomic E-state index is 0.0375. The molecule has 19 nitrogen and oxygen atoms in total. The van der Waals surface area contributed by atoms with Crippen LogP contribution < -0.4 is 16.5 Å². The Labute approximate surface area is 489 Å². The Morgan fingerprint density at radius 1 is 1.00 bits per heavy atom. The van der Waals surface area contributed by atoms with E-state index in [1.807, 2.05) is 56.6 Å². The number of hydrazine groups is 1. The SMILES string of the molecule is CCn1c(-c2cc(-c3nc(CN4CCS(=O)(=O)CC4)cs3)cnc2[C@H](C)OC)c2c3cc(ccc31)-c1cc(O)cc(c1)C[C@H](NC(=O)[C@H](C(C)C)N(C)C(=O)[C@@H]1OCC[C@@H]1c1ccc(N)cc1)C(=O)N1CCC[C@H](N1)C(=O)OCC(C)(C)C2. The third kappa shape index (κ3) is 12.9. The fraction of sp³-hybridized carbons (Fsp3) is 0.484. The third-order valence-electron chi connectivity index (χ3n) is 16.7. The van der Waals surface area contributed by atoms with Crippen LogP contribution in [0.1, 0.15) is 101 Å². The van der Waals surface area contributed by atoms with Gasteiger partial charge >= 0.3 is 5.97 Å². The molecule has 3 fully saturated rings. The second-order valence-corrected chi connectivity index (χ2v) is 27.0. The Kier molecular flexibility index (Phi) is 17.5. The number of esters is 1. The molecule has 0 radical (unpaired) electrons. The van der Waals surface area contributed by atoms with Crippen molar-refractivity contribution in [3.05, 3.63) is 106 Å². The maximum Gasteiger partial charge on any atom is 0.324 e. The quantitative estimate of drug-likeness (QED) is 0.0649. The van der Waals surface area contributed by atoms with Crippen LogP contribution in [-0.4, -0.2) is 149 Å². The van der Waals surface area contributed by atoms with Gasteiger partial charge < -0.3 is 39.8 Å². The van der Waals surface area contributed by atoms with E-state index in [-0.39, 0.29) is 54.6 Å². The first kappa shape index (κ1) is 59.4. The minimum Gasteiger partial charge on any atom is -0.508 e. The van der Waals surface area contributed by atoms with Gasteiger partial charge in [0, 0.05) is 111 Å². The predicted octanol–water partition coefficient (Wildman–Crippen LogP) is 7.44. The van der Waals surface area contributed by atoms with E-state index < -0.39 is 63.4 Å². The van der Waals surface area contributed by atoms with E-state index in [2.05, 4.69) is 59.2 Å². The lowest BCUT2D eigenvalue weighted by molar-refractivity contribution is -0.155. The zero-order valence-electron chi connectivity index (χ0n) is 48.6. The van der Waals surface area contributed by atoms with Crippen molar-refractivity contribution in [2.24, 2.45) is 11.3 Å². The van der Waals surface area contributed by atoms with Gasteiger partial charge in [0.15, 0.2) is 9.84 Å². The summed E-state index contributed by atoms with van der Waals surface area (Å²) in [6.45, 7) is 14.6. The second kappa shape index (κ2) is 24.5. The molecular formula is C62H77N9O10S2. The number of thiazole rings is 1. The number of hydrogen-bond donors (Lipinski definition) is 4. The molecule has 0 saturated carbocycles. The number of aromatic hydroxyl groups is 1. The molecule has 0 unspecified atom stereocenters. The number of nitrogens with one attached hydrogen (secondary N) is 2. The number of nitrogen functional groups attached to an aromatic ring is 1. The topological polar surface area (TPSA) is 241 Å². The van der Waals surface area contributed by atoms with Crippen LogP contribution in [0.2, 0.25) is 0 Å². The van der Waals surface area contributed by atoms with Gasteiger partial charge in [-0.1, -0.05) is 52.0 Å². The highest BCUT2D eigenvalue weighted by Gasteiger charge is 2.43. The highest BCUT2D eigenvalue weighted by Crippen LogP contribution is 2.44. The van der Waals surface area contributed by atoms with Gasteiger partial charge in [0.1, 0.15) is 35.0 Å². The Morgan fingerprint density at radius 3 is 2.48 bits per heavy atom. The summed E-state index contributed by atoms with van der Waals surface area (Å²) in [6, 6.07) is 17.8. The molecule has 10 rings (SSSR count). The normalized spacial score (nSPS) is 22.0. The van der Waals surface area contributed by atoms with Crippen molar-refractivity contribution >= 4 is 61.5 Å². The van der Waals surface area contributed by atoms with Gasteiger partial charge in [-0.05, 0) is 116 Å². The average molecular weight is 1170 g/mol. The molecule has 0 spiro atoms. The van der Waals surface area contributed by atoms with Gasteiger partial charge in [0.05, 0.1) is 41.3 Å². The van der Waals surface area contributed by atoms with Crippen LogP contribution in [0.3, 0.4) is 0 Å². The number of aryl methyl sites for hydroxylation is 1. The molecular weight excluding hydrogens is 1090 g/mol. The Balaban J connectivity index is 1.03. The lowest BCUT2D eigenvalue weighted by atomic mass is 9.84. The summed E-state index contributed by atoms with van der Waals surface area (Å²) in [5.41, 5.74) is 18.2. The average Bonchev–Trinajstić information content (AvgIpc) is 3.02. The molecule has 6 bridgehead atoms. The van der Waals surface area contributed by atoms with E-state index in [0.717, 1.165) is 60.8 Å². The zero-order valence-corrected chi connectivity index (χ0v) is 50.3. The number of carbonyl (C=O) groups is 4. The van der Waals surface area contributed by atoms with Crippen LogP contribution in [-0.2, 0) is 69.2 Å². The van der Waals surface area contributed by atoms with Crippen LogP contribution in [0.15, 0.2) is 78.3 Å². The van der Waals surface area contributed by atoms with Crippen LogP contribution in [0.25, 0.3) is 43.9 Å². The molecule has 3 aromatic heterocycles. The number of fused-ring (bicyclic) bond motifs is 6. The maximum absolute atomic E-state index is 15.0. The largest absolute Gasteiger partial charge is 0.508 e. The summed E-state index contributed by atoms with van der Waals surface area (Å²) in [4.78, 5) is 72.3. The molecule has 0 aliphatic carbocycles. The lowest BCUT2D eigenvalue weighted by Gasteiger charge is -2.37. The van der Waals surface area contributed by atoms with Crippen molar-refractivity contribution in [1.29, 1.82) is 0 Å². The van der Waals surface area contributed by atoms with Crippen LogP contribution >= 0.6 is 11.3 Å². The van der Waals surface area contributed by atoms with Crippen LogP contribution in [0.5, 0.6) is 5.75 Å². The number of phenols is 1. The Hall–Kier alpha value is -6.75. The van der Waals surface area contributed by atoms with Crippen molar-refractivity contribution < 1.29 is 46.9 Å². The molecule has 6 atom stereocenters. The predicted molar refractivity (Wildman–Crippen MR) is 320 cm³/mol. The molecule has 3 amide bonds. The van der Waals surface area contributed by atoms with Crippen LogP contribution in [0.4, 0.5) is 5.69 Å². The summed E-state index contributed by atoms with van der Waals surface area (Å²) in [6.07, 6.45) is 2.50. The minimum atomic E-state index is -3.03. The second-order valence-electron chi connectivity index (χ2n) is 23.8. The zero-order chi connectivity index (χ0) is 59.1. The number of hydrogen-bond acceptors (Lipinski definition) is 16. The van der Waals surface area contributed by atoms with Gasteiger partial charge in [-0.2, -0.15) is 0 Å². The summed E-state index contributed by atoms with van der Waals surface area (Å²) >= 11 is 1.51. The van der Waals surface area contributed by atoms with Gasteiger partial charge in [0.2, 0.25) is 5.91 Å². The van der Waals surface area contributed by atoms with E-state index in [9.17, 15) is 32.7 Å². The summed E-state index contributed by atoms with van der Waals surface area (Å²) in [5.74, 6) is -2.31. The maximum atomic E-state index is 15.0. The molecule has 3 aromatic carbocycles. The summed E-state index contributed by atoms with van der Waals surface area (Å²) in [5, 5.41) is 19.7. The number of anilines is 1. The standard InChI is InChI=1S/C62H77N9O10S2/c1-9-70-52-17-14-40-29-47(52)49(55(70)48-30-42(32-64-53(48)37(4)79-8)58-65-44(34-82-58)33-69-20-23-83(77,78)24-21-69)31-62(5,6)35-81-61(76)50-11-10-19-71(67-50)59(74)51(27-38-25-41(40)28-45(72)26-38)66-57(73)54(36(2)3)68(7)60(75)56-46(18-22-80-56)39-12-15-43(63)16-13-39/h12-17,25-26,28-30,32,34,36-37,46,50-51,54,56,67,72H,9-11,18-24,27,31,33,35,63H2,1-8H3,(H,66,73)/t37-,46+,50-,51-,54-,56+/m0/s1. The molecule has 21 heteroatoms. The highest BCUT2D eigenvalue weighted by molar-refractivity contribution is 7.91. The first-order valence-corrected chi connectivity index (χ1v) is 31.5. The number of pyridine rings is 1. The van der Waals surface area contributed by atoms with E-state index in [1.165, 1.54) is 21.2 Å². The fourth-order valence-electron chi connectivity index (χ4n) is 12.3. The molecule has 442 valence electrons. The van der Waals surface area contributed by atoms with E-state index in [4.69, 9.17) is 29.9 Å². The van der Waals surface area contributed by atoms with E-state index in [0.29, 0.717) is 75.3 Å². The van der Waals surface area contributed by atoms with Crippen LogP contribution in [0, 0.1) is 11.3 Å². The number of sulfone groups is 1. The molecule has 4 aliphatic heterocycles. The van der Waals surface area contributed by atoms with Crippen molar-refractivity contribution in [2.45, 2.75) is 123 Å². The number of rotatable bonds is 13. The van der Waals surface area contributed by atoms with Crippen molar-refractivity contribution in [3.63, 3.8) is 0 Å². The number of aromatic nitrogens is 3. The first-order valence-electron chi connectivity index (χ1n) is 28.8. The highest BCUT2D eigenvalue weighted by atomic mass is 32.2. The monoisotopic (exact) mass is 1170 g/mol. The number of ether oxygens (including phenoxy) is 3. The van der Waals surface area contributed by atoms with Gasteiger partial charge in [-0.3, -0.25) is 34.1 Å². The number of cyclic esters (lactones) is 1. The smallest absolute Gasteiger partial charge is 0.324 e.